The van der Waals surface area contributed by atoms with Crippen molar-refractivity contribution < 1.29 is 9.53 Å². The van der Waals surface area contributed by atoms with Gasteiger partial charge in [-0.2, -0.15) is 10.2 Å². The molecule has 0 radical (unpaired) electrons. The Labute approximate surface area is 163 Å². The Morgan fingerprint density at radius 1 is 1.25 bits per heavy atom. The van der Waals surface area contributed by atoms with Gasteiger partial charge in [-0.25, -0.2) is 5.43 Å². The summed E-state index contributed by atoms with van der Waals surface area (Å²) in [6.45, 7) is 2.89. The van der Waals surface area contributed by atoms with Gasteiger partial charge in [-0.3, -0.25) is 14.9 Å². The van der Waals surface area contributed by atoms with Gasteiger partial charge in [0, 0.05) is 23.5 Å². The van der Waals surface area contributed by atoms with E-state index >= 15 is 0 Å². The van der Waals surface area contributed by atoms with Gasteiger partial charge in [-0.1, -0.05) is 25.8 Å². The molecule has 7 heteroatoms. The number of ether oxygens (including phenoxy) is 1. The zero-order valence-electron chi connectivity index (χ0n) is 15.8. The van der Waals surface area contributed by atoms with Gasteiger partial charge in [-0.05, 0) is 42.8 Å². The van der Waals surface area contributed by atoms with Crippen LogP contribution in [0, 0.1) is 0 Å². The summed E-state index contributed by atoms with van der Waals surface area (Å²) in [5.41, 5.74) is 5.17. The number of rotatable bonds is 9. The lowest BCUT2D eigenvalue weighted by atomic mass is 10.1. The third-order valence-corrected chi connectivity index (χ3v) is 4.05. The molecule has 28 heavy (non-hydrogen) atoms. The average Bonchev–Trinajstić information content (AvgIpc) is 3.23. The highest BCUT2D eigenvalue weighted by molar-refractivity contribution is 5.94. The van der Waals surface area contributed by atoms with Crippen LogP contribution >= 0.6 is 0 Å². The number of benzene rings is 1. The van der Waals surface area contributed by atoms with Crippen molar-refractivity contribution in [1.29, 1.82) is 0 Å². The monoisotopic (exact) mass is 377 g/mol. The van der Waals surface area contributed by atoms with Crippen LogP contribution < -0.4 is 10.2 Å². The van der Waals surface area contributed by atoms with Gasteiger partial charge < -0.3 is 4.74 Å². The summed E-state index contributed by atoms with van der Waals surface area (Å²) in [5.74, 6) is 0.466. The van der Waals surface area contributed by atoms with Gasteiger partial charge in [0.15, 0.2) is 0 Å². The number of H-pyrrole nitrogens is 1. The topological polar surface area (TPSA) is 92.3 Å². The number of aromatic nitrogens is 3. The number of pyridine rings is 1. The van der Waals surface area contributed by atoms with Crippen molar-refractivity contribution in [2.75, 3.05) is 6.61 Å². The number of aromatic amines is 1. The fraction of sp³-hybridized carbons (Fsp3) is 0.238. The second kappa shape index (κ2) is 10.0. The molecule has 0 bridgehead atoms. The Morgan fingerprint density at radius 2 is 2.11 bits per heavy atom. The number of hydrazone groups is 1. The Balaban J connectivity index is 1.55. The first-order valence-corrected chi connectivity index (χ1v) is 9.28. The van der Waals surface area contributed by atoms with E-state index in [1.54, 1.807) is 24.5 Å². The zero-order chi connectivity index (χ0) is 19.6. The fourth-order valence-corrected chi connectivity index (χ4v) is 2.53. The largest absolute Gasteiger partial charge is 0.494 e. The summed E-state index contributed by atoms with van der Waals surface area (Å²) in [6.07, 6.45) is 8.25. The molecule has 3 rings (SSSR count). The number of hydrogen-bond donors (Lipinski definition) is 2. The molecule has 0 aliphatic heterocycles. The smallest absolute Gasteiger partial charge is 0.289 e. The van der Waals surface area contributed by atoms with Gasteiger partial charge in [0.05, 0.1) is 18.5 Å². The summed E-state index contributed by atoms with van der Waals surface area (Å²) in [7, 11) is 0. The maximum absolute atomic E-state index is 12.2. The molecular weight excluding hydrogens is 354 g/mol. The summed E-state index contributed by atoms with van der Waals surface area (Å²) in [6, 6.07) is 13.0. The van der Waals surface area contributed by atoms with E-state index in [-0.39, 0.29) is 5.91 Å². The van der Waals surface area contributed by atoms with Crippen molar-refractivity contribution in [3.8, 4) is 17.0 Å². The van der Waals surface area contributed by atoms with Crippen LogP contribution in [-0.2, 0) is 0 Å². The third kappa shape index (κ3) is 5.51. The molecule has 0 unspecified atom stereocenters. The zero-order valence-corrected chi connectivity index (χ0v) is 15.8. The molecule has 0 saturated carbocycles. The van der Waals surface area contributed by atoms with Gasteiger partial charge >= 0.3 is 0 Å². The lowest BCUT2D eigenvalue weighted by molar-refractivity contribution is 0.0950. The highest BCUT2D eigenvalue weighted by Gasteiger charge is 2.10. The van der Waals surface area contributed by atoms with Gasteiger partial charge in [-0.15, -0.1) is 0 Å². The van der Waals surface area contributed by atoms with E-state index in [0.717, 1.165) is 29.9 Å². The predicted octanol–water partition coefficient (Wildman–Crippen LogP) is 3.80. The van der Waals surface area contributed by atoms with Gasteiger partial charge in [0.2, 0.25) is 0 Å². The predicted molar refractivity (Wildman–Crippen MR) is 108 cm³/mol. The first-order chi connectivity index (χ1) is 13.8. The van der Waals surface area contributed by atoms with E-state index in [1.807, 2.05) is 30.3 Å². The van der Waals surface area contributed by atoms with E-state index in [1.165, 1.54) is 19.1 Å². The van der Waals surface area contributed by atoms with E-state index in [9.17, 15) is 4.79 Å². The molecule has 0 fully saturated rings. The van der Waals surface area contributed by atoms with Crippen LogP contribution in [0.15, 0.2) is 60.0 Å². The Kier molecular flexibility index (Phi) is 6.89. The molecule has 0 saturated heterocycles. The molecule has 0 atom stereocenters. The molecule has 2 N–H and O–H groups in total. The van der Waals surface area contributed by atoms with Crippen molar-refractivity contribution >= 4 is 12.1 Å². The van der Waals surface area contributed by atoms with Gasteiger partial charge in [0.25, 0.3) is 5.91 Å². The lowest BCUT2D eigenvalue weighted by Gasteiger charge is -2.06. The van der Waals surface area contributed by atoms with Crippen LogP contribution in [0.25, 0.3) is 11.3 Å². The minimum Gasteiger partial charge on any atom is -0.494 e. The van der Waals surface area contributed by atoms with Crippen molar-refractivity contribution in [2.45, 2.75) is 26.2 Å². The number of carbonyl (C=O) groups excluding carboxylic acids is 1. The van der Waals surface area contributed by atoms with Crippen LogP contribution in [-0.4, -0.2) is 33.9 Å². The number of nitrogens with one attached hydrogen (secondary N) is 2. The molecule has 0 aliphatic rings. The second-order valence-corrected chi connectivity index (χ2v) is 6.23. The third-order valence-electron chi connectivity index (χ3n) is 4.05. The van der Waals surface area contributed by atoms with Gasteiger partial charge in [0.1, 0.15) is 11.4 Å². The van der Waals surface area contributed by atoms with E-state index < -0.39 is 0 Å². The molecule has 0 spiro atoms. The lowest BCUT2D eigenvalue weighted by Crippen LogP contribution is -2.18. The normalized spacial score (nSPS) is 10.9. The first-order valence-electron chi connectivity index (χ1n) is 9.28. The van der Waals surface area contributed by atoms with E-state index in [4.69, 9.17) is 4.74 Å². The molecule has 2 heterocycles. The molecule has 0 aliphatic carbocycles. The molecule has 3 aromatic rings. The maximum atomic E-state index is 12.2. The van der Waals surface area contributed by atoms with Crippen LogP contribution in [0.3, 0.4) is 0 Å². The standard InChI is InChI=1S/C21H23N5O2/c1-2-3-4-12-28-18-9-7-17(8-10-18)19-13-20(25-24-19)21(27)26-23-15-16-6-5-11-22-14-16/h5-11,13-15H,2-4,12H2,1H3,(H,24,25)(H,26,27)/b23-15+. The van der Waals surface area contributed by atoms with Crippen molar-refractivity contribution in [2.24, 2.45) is 5.10 Å². The average molecular weight is 377 g/mol. The number of carbonyl (C=O) groups is 1. The van der Waals surface area contributed by atoms with Crippen LogP contribution in [0.4, 0.5) is 0 Å². The molecule has 1 aromatic carbocycles. The highest BCUT2D eigenvalue weighted by Crippen LogP contribution is 2.21. The van der Waals surface area contributed by atoms with Crippen molar-refractivity contribution in [3.05, 3.63) is 66.1 Å². The minimum atomic E-state index is -0.366. The first kappa shape index (κ1) is 19.3. The molecule has 7 nitrogen and oxygen atoms in total. The fourth-order valence-electron chi connectivity index (χ4n) is 2.53. The number of nitrogens with zero attached hydrogens (tertiary/aromatic N) is 3. The SMILES string of the molecule is CCCCCOc1ccc(-c2cc(C(=O)N/N=C/c3cccnc3)[nH]n2)cc1. The van der Waals surface area contributed by atoms with Crippen LogP contribution in [0.2, 0.25) is 0 Å². The maximum Gasteiger partial charge on any atom is 0.289 e. The minimum absolute atomic E-state index is 0.332. The summed E-state index contributed by atoms with van der Waals surface area (Å²) in [4.78, 5) is 16.2. The van der Waals surface area contributed by atoms with Crippen LogP contribution in [0.1, 0.15) is 42.2 Å². The summed E-state index contributed by atoms with van der Waals surface area (Å²) < 4.78 is 5.71. The summed E-state index contributed by atoms with van der Waals surface area (Å²) >= 11 is 0. The Bertz CT molecular complexity index is 904. The number of unbranched alkanes of at least 4 members (excludes halogenated alkanes) is 2. The highest BCUT2D eigenvalue weighted by atomic mass is 16.5. The number of hydrogen-bond acceptors (Lipinski definition) is 5. The molecule has 144 valence electrons. The van der Waals surface area contributed by atoms with Crippen molar-refractivity contribution in [1.82, 2.24) is 20.6 Å². The summed E-state index contributed by atoms with van der Waals surface area (Å²) in [5, 5.41) is 10.9. The Hall–Kier alpha value is -3.48. The van der Waals surface area contributed by atoms with Crippen molar-refractivity contribution in [3.63, 3.8) is 0 Å². The quantitative estimate of drug-likeness (QED) is 0.337. The van der Waals surface area contributed by atoms with Crippen LogP contribution in [0.5, 0.6) is 5.75 Å². The second-order valence-electron chi connectivity index (χ2n) is 6.23. The van der Waals surface area contributed by atoms with E-state index in [2.05, 4.69) is 32.6 Å². The Morgan fingerprint density at radius 3 is 2.86 bits per heavy atom. The van der Waals surface area contributed by atoms with E-state index in [0.29, 0.717) is 11.4 Å². The number of amides is 1. The molecule has 2 aromatic heterocycles. The molecule has 1 amide bonds. The molecular formula is C21H23N5O2.